The molecule has 0 bridgehead atoms. The fourth-order valence-corrected chi connectivity index (χ4v) is 2.19. The van der Waals surface area contributed by atoms with Crippen LogP contribution in [-0.4, -0.2) is 15.8 Å². The zero-order chi connectivity index (χ0) is 16.8. The van der Waals surface area contributed by atoms with E-state index in [9.17, 15) is 14.9 Å². The van der Waals surface area contributed by atoms with Crippen LogP contribution in [0.2, 0.25) is 5.02 Å². The lowest BCUT2D eigenvalue weighted by atomic mass is 10.2. The first-order valence-corrected chi connectivity index (χ1v) is 7.28. The van der Waals surface area contributed by atoms with Gasteiger partial charge in [0.05, 0.1) is 4.92 Å². The normalized spacial score (nSPS) is 10.7. The van der Waals surface area contributed by atoms with Gasteiger partial charge in [-0.3, -0.25) is 14.9 Å². The van der Waals surface area contributed by atoms with Crippen molar-refractivity contribution >= 4 is 45.4 Å². The first-order chi connectivity index (χ1) is 11.0. The van der Waals surface area contributed by atoms with E-state index in [4.69, 9.17) is 16.9 Å². The number of benzene rings is 1. The van der Waals surface area contributed by atoms with Gasteiger partial charge in [0.15, 0.2) is 5.13 Å². The van der Waals surface area contributed by atoms with E-state index < -0.39 is 10.8 Å². The van der Waals surface area contributed by atoms with Gasteiger partial charge in [0.2, 0.25) is 0 Å². The molecule has 1 heterocycles. The molecule has 0 radical (unpaired) electrons. The van der Waals surface area contributed by atoms with E-state index in [-0.39, 0.29) is 22.0 Å². The maximum absolute atomic E-state index is 12.0. The van der Waals surface area contributed by atoms with Crippen molar-refractivity contribution < 1.29 is 9.72 Å². The van der Waals surface area contributed by atoms with E-state index in [0.717, 1.165) is 6.07 Å². The number of aromatic nitrogens is 1. The molecule has 8 nitrogen and oxygen atoms in total. The number of carbonyl (C=O) groups excluding carboxylic acids is 1. The van der Waals surface area contributed by atoms with Crippen molar-refractivity contribution in [1.29, 1.82) is 5.26 Å². The molecule has 0 aliphatic rings. The summed E-state index contributed by atoms with van der Waals surface area (Å²) in [6.45, 7) is 0. The Bertz CT molecular complexity index is 814. The lowest BCUT2D eigenvalue weighted by molar-refractivity contribution is -0.384. The van der Waals surface area contributed by atoms with Crippen LogP contribution in [0.25, 0.3) is 0 Å². The third-order valence-corrected chi connectivity index (χ3v) is 3.56. The van der Waals surface area contributed by atoms with Gasteiger partial charge in [-0.05, 0) is 12.1 Å². The second kappa shape index (κ2) is 7.35. The number of rotatable bonds is 5. The van der Waals surface area contributed by atoms with Gasteiger partial charge in [-0.1, -0.05) is 11.6 Å². The number of halogens is 1. The monoisotopic (exact) mass is 349 g/mol. The number of amides is 1. The summed E-state index contributed by atoms with van der Waals surface area (Å²) in [6.07, 6.45) is 2.78. The van der Waals surface area contributed by atoms with E-state index in [0.29, 0.717) is 5.13 Å². The van der Waals surface area contributed by atoms with Crippen LogP contribution < -0.4 is 10.6 Å². The van der Waals surface area contributed by atoms with Crippen molar-refractivity contribution in [1.82, 2.24) is 4.98 Å². The van der Waals surface area contributed by atoms with Gasteiger partial charge in [-0.15, -0.1) is 11.3 Å². The molecule has 0 saturated heterocycles. The van der Waals surface area contributed by atoms with E-state index >= 15 is 0 Å². The van der Waals surface area contributed by atoms with Crippen molar-refractivity contribution in [3.05, 3.63) is 56.7 Å². The summed E-state index contributed by atoms with van der Waals surface area (Å²) in [4.78, 5) is 26.1. The summed E-state index contributed by atoms with van der Waals surface area (Å²) in [5.41, 5.74) is -0.396. The van der Waals surface area contributed by atoms with Crippen molar-refractivity contribution in [2.24, 2.45) is 0 Å². The second-order valence-corrected chi connectivity index (χ2v) is 5.33. The molecule has 1 aromatic carbocycles. The van der Waals surface area contributed by atoms with Crippen LogP contribution in [0.15, 0.2) is 41.5 Å². The smallest absolute Gasteiger partial charge is 0.289 e. The van der Waals surface area contributed by atoms with Gasteiger partial charge in [-0.2, -0.15) is 5.26 Å². The molecule has 2 N–H and O–H groups in total. The second-order valence-electron chi connectivity index (χ2n) is 4.03. The number of nitrogens with one attached hydrogen (secondary N) is 2. The number of carbonyl (C=O) groups is 1. The maximum Gasteiger partial charge on any atom is 0.289 e. The predicted molar refractivity (Wildman–Crippen MR) is 86.2 cm³/mol. The van der Waals surface area contributed by atoms with Gasteiger partial charge in [0.1, 0.15) is 16.7 Å². The fraction of sp³-hybridized carbons (Fsp3) is 0. The SMILES string of the molecule is N#C/C(=C/Nc1nccs1)C(=O)Nc1ccc(Cl)c([N+](=O)[O-])c1. The Morgan fingerprint density at radius 2 is 2.30 bits per heavy atom. The van der Waals surface area contributed by atoms with Crippen LogP contribution in [0, 0.1) is 21.4 Å². The fourth-order valence-electron chi connectivity index (χ4n) is 1.51. The lowest BCUT2D eigenvalue weighted by Crippen LogP contribution is -2.14. The van der Waals surface area contributed by atoms with Crippen LogP contribution in [0.4, 0.5) is 16.5 Å². The molecule has 2 rings (SSSR count). The van der Waals surface area contributed by atoms with Crippen LogP contribution in [0.1, 0.15) is 0 Å². The highest BCUT2D eigenvalue weighted by Gasteiger charge is 2.15. The summed E-state index contributed by atoms with van der Waals surface area (Å²) < 4.78 is 0. The minimum absolute atomic E-state index is 0.0468. The zero-order valence-electron chi connectivity index (χ0n) is 11.3. The van der Waals surface area contributed by atoms with E-state index in [1.807, 2.05) is 0 Å². The molecule has 23 heavy (non-hydrogen) atoms. The number of nitro benzene ring substituents is 1. The van der Waals surface area contributed by atoms with Gasteiger partial charge in [0.25, 0.3) is 11.6 Å². The Labute approximate surface area is 139 Å². The van der Waals surface area contributed by atoms with Gasteiger partial charge in [0, 0.05) is 29.5 Å². The molecule has 116 valence electrons. The largest absolute Gasteiger partial charge is 0.337 e. The molecule has 0 spiro atoms. The minimum Gasteiger partial charge on any atom is -0.337 e. The average Bonchev–Trinajstić information content (AvgIpc) is 3.03. The number of nitrogens with zero attached hydrogens (tertiary/aromatic N) is 3. The van der Waals surface area contributed by atoms with Crippen LogP contribution >= 0.6 is 22.9 Å². The Balaban J connectivity index is 2.14. The minimum atomic E-state index is -0.715. The number of hydrogen-bond acceptors (Lipinski definition) is 7. The van der Waals surface area contributed by atoms with Crippen molar-refractivity contribution in [2.45, 2.75) is 0 Å². The number of anilines is 2. The molecule has 10 heteroatoms. The summed E-state index contributed by atoms with van der Waals surface area (Å²) in [5.74, 6) is -0.715. The summed E-state index contributed by atoms with van der Waals surface area (Å²) in [7, 11) is 0. The molecular weight excluding hydrogens is 342 g/mol. The Morgan fingerprint density at radius 1 is 1.52 bits per heavy atom. The quantitative estimate of drug-likeness (QED) is 0.370. The van der Waals surface area contributed by atoms with Gasteiger partial charge < -0.3 is 10.6 Å². The Hall–Kier alpha value is -2.96. The molecule has 1 amide bonds. The average molecular weight is 350 g/mol. The first kappa shape index (κ1) is 16.4. The van der Waals surface area contributed by atoms with Crippen molar-refractivity contribution in [3.8, 4) is 6.07 Å². The van der Waals surface area contributed by atoms with Gasteiger partial charge in [-0.25, -0.2) is 4.98 Å². The summed E-state index contributed by atoms with van der Waals surface area (Å²) in [6, 6.07) is 5.54. The highest BCUT2D eigenvalue weighted by atomic mass is 35.5. The molecule has 0 aliphatic carbocycles. The molecule has 0 fully saturated rings. The molecule has 0 aliphatic heterocycles. The molecular formula is C13H8ClN5O3S. The van der Waals surface area contributed by atoms with E-state index in [1.54, 1.807) is 17.6 Å². The molecule has 0 unspecified atom stereocenters. The lowest BCUT2D eigenvalue weighted by Gasteiger charge is -2.05. The van der Waals surface area contributed by atoms with Crippen molar-refractivity contribution in [3.63, 3.8) is 0 Å². The number of nitriles is 1. The van der Waals surface area contributed by atoms with Gasteiger partial charge >= 0.3 is 0 Å². The first-order valence-electron chi connectivity index (χ1n) is 6.03. The third-order valence-electron chi connectivity index (χ3n) is 2.54. The zero-order valence-corrected chi connectivity index (χ0v) is 12.9. The molecule has 2 aromatic rings. The highest BCUT2D eigenvalue weighted by molar-refractivity contribution is 7.13. The summed E-state index contributed by atoms with van der Waals surface area (Å²) >= 11 is 6.99. The summed E-state index contributed by atoms with van der Waals surface area (Å²) in [5, 5.41) is 27.2. The Morgan fingerprint density at radius 3 is 2.91 bits per heavy atom. The van der Waals surface area contributed by atoms with Crippen molar-refractivity contribution in [2.75, 3.05) is 10.6 Å². The number of nitro groups is 1. The standard InChI is InChI=1S/C13H8ClN5O3S/c14-10-2-1-9(5-11(10)19(21)22)18-12(20)8(6-15)7-17-13-16-3-4-23-13/h1-5,7H,(H,16,17)(H,18,20)/b8-7-. The number of thiazole rings is 1. The van der Waals surface area contributed by atoms with E-state index in [1.165, 1.54) is 29.7 Å². The van der Waals surface area contributed by atoms with E-state index in [2.05, 4.69) is 15.6 Å². The Kier molecular flexibility index (Phi) is 5.24. The maximum atomic E-state index is 12.0. The topological polar surface area (TPSA) is 121 Å². The molecule has 0 atom stereocenters. The molecule has 0 saturated carbocycles. The van der Waals surface area contributed by atoms with Crippen LogP contribution in [0.3, 0.4) is 0 Å². The predicted octanol–water partition coefficient (Wildman–Crippen LogP) is 3.16. The number of hydrogen-bond donors (Lipinski definition) is 2. The van der Waals surface area contributed by atoms with Crippen LogP contribution in [-0.2, 0) is 4.79 Å². The third kappa shape index (κ3) is 4.26. The highest BCUT2D eigenvalue weighted by Crippen LogP contribution is 2.27. The molecule has 1 aromatic heterocycles. The van der Waals surface area contributed by atoms with Crippen LogP contribution in [0.5, 0.6) is 0 Å².